The number of piperazine rings is 1. The predicted molar refractivity (Wildman–Crippen MR) is 93.4 cm³/mol. The molecule has 4 nitrogen and oxygen atoms in total. The Morgan fingerprint density at radius 2 is 1.54 bits per heavy atom. The molecule has 1 aliphatic rings. The van der Waals surface area contributed by atoms with Crippen LogP contribution in [-0.2, 0) is 6.54 Å². The standard InChI is InChI=1S/C19H23FN2O2/c1-23-18-8-3-15(13-19(18)24-2)14-21-9-11-22(12-10-21)17-6-4-16(20)5-7-17/h3-8,13H,9-12,14H2,1-2H3. The molecule has 0 spiro atoms. The summed E-state index contributed by atoms with van der Waals surface area (Å²) in [5.74, 6) is 1.33. The number of hydrogen-bond acceptors (Lipinski definition) is 4. The van der Waals surface area contributed by atoms with Crippen molar-refractivity contribution in [3.63, 3.8) is 0 Å². The van der Waals surface area contributed by atoms with Gasteiger partial charge >= 0.3 is 0 Å². The third kappa shape index (κ3) is 3.79. The maximum atomic E-state index is 13.0. The average molecular weight is 330 g/mol. The van der Waals surface area contributed by atoms with E-state index in [0.717, 1.165) is 49.9 Å². The monoisotopic (exact) mass is 330 g/mol. The van der Waals surface area contributed by atoms with Crippen molar-refractivity contribution in [1.82, 2.24) is 4.90 Å². The zero-order valence-corrected chi connectivity index (χ0v) is 14.2. The summed E-state index contributed by atoms with van der Waals surface area (Å²) in [5.41, 5.74) is 2.30. The van der Waals surface area contributed by atoms with Crippen LogP contribution in [0.25, 0.3) is 0 Å². The van der Waals surface area contributed by atoms with Crippen molar-refractivity contribution < 1.29 is 13.9 Å². The molecule has 0 N–H and O–H groups in total. The van der Waals surface area contributed by atoms with E-state index in [2.05, 4.69) is 15.9 Å². The number of benzene rings is 2. The van der Waals surface area contributed by atoms with E-state index in [-0.39, 0.29) is 5.82 Å². The van der Waals surface area contributed by atoms with Gasteiger partial charge in [0.05, 0.1) is 14.2 Å². The van der Waals surface area contributed by atoms with Crippen LogP contribution in [-0.4, -0.2) is 45.3 Å². The maximum absolute atomic E-state index is 13.0. The molecule has 0 saturated carbocycles. The van der Waals surface area contributed by atoms with Gasteiger partial charge in [0.25, 0.3) is 0 Å². The minimum absolute atomic E-state index is 0.189. The van der Waals surface area contributed by atoms with Crippen LogP contribution in [0.1, 0.15) is 5.56 Å². The van der Waals surface area contributed by atoms with Gasteiger partial charge in [0, 0.05) is 38.4 Å². The summed E-state index contributed by atoms with van der Waals surface area (Å²) in [6.07, 6.45) is 0. The highest BCUT2D eigenvalue weighted by Crippen LogP contribution is 2.28. The zero-order chi connectivity index (χ0) is 16.9. The summed E-state index contributed by atoms with van der Waals surface area (Å²) < 4.78 is 23.7. The minimum atomic E-state index is -0.189. The number of nitrogens with zero attached hydrogens (tertiary/aromatic N) is 2. The van der Waals surface area contributed by atoms with E-state index in [1.54, 1.807) is 14.2 Å². The highest BCUT2D eigenvalue weighted by Gasteiger charge is 2.18. The Labute approximate surface area is 142 Å². The molecule has 0 amide bonds. The van der Waals surface area contributed by atoms with Crippen LogP contribution in [0.3, 0.4) is 0 Å². The summed E-state index contributed by atoms with van der Waals surface area (Å²) in [4.78, 5) is 4.71. The first-order valence-electron chi connectivity index (χ1n) is 8.13. The van der Waals surface area contributed by atoms with E-state index >= 15 is 0 Å². The Morgan fingerprint density at radius 3 is 2.17 bits per heavy atom. The fourth-order valence-corrected chi connectivity index (χ4v) is 3.05. The lowest BCUT2D eigenvalue weighted by Crippen LogP contribution is -2.45. The Balaban J connectivity index is 1.58. The van der Waals surface area contributed by atoms with E-state index < -0.39 is 0 Å². The lowest BCUT2D eigenvalue weighted by atomic mass is 10.1. The SMILES string of the molecule is COc1ccc(CN2CCN(c3ccc(F)cc3)CC2)cc1OC. The molecule has 1 fully saturated rings. The van der Waals surface area contributed by atoms with Crippen LogP contribution in [0.4, 0.5) is 10.1 Å². The summed E-state index contributed by atoms with van der Waals surface area (Å²) in [6.45, 7) is 4.73. The first-order valence-corrected chi connectivity index (χ1v) is 8.13. The van der Waals surface area contributed by atoms with Crippen LogP contribution >= 0.6 is 0 Å². The molecule has 2 aromatic rings. The van der Waals surface area contributed by atoms with Crippen LogP contribution in [0, 0.1) is 5.82 Å². The highest BCUT2D eigenvalue weighted by atomic mass is 19.1. The smallest absolute Gasteiger partial charge is 0.161 e. The van der Waals surface area contributed by atoms with E-state index in [4.69, 9.17) is 9.47 Å². The van der Waals surface area contributed by atoms with Gasteiger partial charge in [0.15, 0.2) is 11.5 Å². The largest absolute Gasteiger partial charge is 0.493 e. The van der Waals surface area contributed by atoms with Crippen LogP contribution in [0.15, 0.2) is 42.5 Å². The van der Waals surface area contributed by atoms with Gasteiger partial charge < -0.3 is 14.4 Å². The molecule has 1 heterocycles. The molecule has 0 unspecified atom stereocenters. The van der Waals surface area contributed by atoms with Gasteiger partial charge in [-0.2, -0.15) is 0 Å². The normalized spacial score (nSPS) is 15.4. The molecule has 0 aliphatic carbocycles. The van der Waals surface area contributed by atoms with Gasteiger partial charge in [0.2, 0.25) is 0 Å². The summed E-state index contributed by atoms with van der Waals surface area (Å²) in [7, 11) is 3.30. The molecule has 24 heavy (non-hydrogen) atoms. The van der Waals surface area contributed by atoms with Crippen molar-refractivity contribution >= 4 is 5.69 Å². The maximum Gasteiger partial charge on any atom is 0.161 e. The summed E-state index contributed by atoms with van der Waals surface area (Å²) in [6, 6.07) is 12.8. The molecule has 5 heteroatoms. The number of methoxy groups -OCH3 is 2. The Bertz CT molecular complexity index is 668. The number of ether oxygens (including phenoxy) is 2. The van der Waals surface area contributed by atoms with Crippen LogP contribution in [0.5, 0.6) is 11.5 Å². The van der Waals surface area contributed by atoms with Crippen molar-refractivity contribution in [3.8, 4) is 11.5 Å². The predicted octanol–water partition coefficient (Wildman–Crippen LogP) is 3.17. The molecule has 1 aliphatic heterocycles. The van der Waals surface area contributed by atoms with E-state index in [0.29, 0.717) is 0 Å². The molecule has 1 saturated heterocycles. The Kier molecular flexibility index (Phi) is 5.20. The topological polar surface area (TPSA) is 24.9 Å². The van der Waals surface area contributed by atoms with E-state index in [1.807, 2.05) is 24.3 Å². The van der Waals surface area contributed by atoms with Crippen LogP contribution < -0.4 is 14.4 Å². The molecular formula is C19H23FN2O2. The first kappa shape index (κ1) is 16.6. The first-order chi connectivity index (χ1) is 11.7. The summed E-state index contributed by atoms with van der Waals surface area (Å²) in [5, 5.41) is 0. The van der Waals surface area contributed by atoms with E-state index in [1.165, 1.54) is 17.7 Å². The fourth-order valence-electron chi connectivity index (χ4n) is 3.05. The summed E-state index contributed by atoms with van der Waals surface area (Å²) >= 11 is 0. The lowest BCUT2D eigenvalue weighted by molar-refractivity contribution is 0.249. The lowest BCUT2D eigenvalue weighted by Gasteiger charge is -2.36. The van der Waals surface area contributed by atoms with E-state index in [9.17, 15) is 4.39 Å². The third-order valence-corrected chi connectivity index (χ3v) is 4.42. The Hall–Kier alpha value is -2.27. The molecule has 128 valence electrons. The van der Waals surface area contributed by atoms with Crippen molar-refractivity contribution in [2.45, 2.75) is 6.54 Å². The zero-order valence-electron chi connectivity index (χ0n) is 14.2. The van der Waals surface area contributed by atoms with Gasteiger partial charge in [-0.3, -0.25) is 4.90 Å². The fraction of sp³-hybridized carbons (Fsp3) is 0.368. The van der Waals surface area contributed by atoms with Gasteiger partial charge in [-0.25, -0.2) is 4.39 Å². The number of halogens is 1. The van der Waals surface area contributed by atoms with Gasteiger partial charge in [-0.1, -0.05) is 6.07 Å². The average Bonchev–Trinajstić information content (AvgIpc) is 2.63. The molecule has 3 rings (SSSR count). The molecule has 0 atom stereocenters. The highest BCUT2D eigenvalue weighted by molar-refractivity contribution is 5.47. The molecule has 0 aromatic heterocycles. The second-order valence-corrected chi connectivity index (χ2v) is 5.93. The second-order valence-electron chi connectivity index (χ2n) is 5.93. The molecule has 0 radical (unpaired) electrons. The molecular weight excluding hydrogens is 307 g/mol. The van der Waals surface area contributed by atoms with Gasteiger partial charge in [0.1, 0.15) is 5.82 Å². The molecule has 2 aromatic carbocycles. The van der Waals surface area contributed by atoms with Gasteiger partial charge in [-0.15, -0.1) is 0 Å². The number of hydrogen-bond donors (Lipinski definition) is 0. The number of rotatable bonds is 5. The molecule has 0 bridgehead atoms. The van der Waals surface area contributed by atoms with Gasteiger partial charge in [-0.05, 0) is 42.0 Å². The quantitative estimate of drug-likeness (QED) is 0.841. The Morgan fingerprint density at radius 1 is 0.875 bits per heavy atom. The third-order valence-electron chi connectivity index (χ3n) is 4.42. The minimum Gasteiger partial charge on any atom is -0.493 e. The van der Waals surface area contributed by atoms with Crippen LogP contribution in [0.2, 0.25) is 0 Å². The van der Waals surface area contributed by atoms with Crippen molar-refractivity contribution in [3.05, 3.63) is 53.8 Å². The van der Waals surface area contributed by atoms with Crippen molar-refractivity contribution in [1.29, 1.82) is 0 Å². The number of anilines is 1. The van der Waals surface area contributed by atoms with Crippen molar-refractivity contribution in [2.24, 2.45) is 0 Å². The second kappa shape index (κ2) is 7.53. The van der Waals surface area contributed by atoms with Crippen molar-refractivity contribution in [2.75, 3.05) is 45.3 Å².